The van der Waals surface area contributed by atoms with Gasteiger partial charge in [0.15, 0.2) is 0 Å². The lowest BCUT2D eigenvalue weighted by Gasteiger charge is -2.33. The minimum atomic E-state index is 0.731. The van der Waals surface area contributed by atoms with E-state index in [4.69, 9.17) is 21.7 Å². The normalized spacial score (nSPS) is 13.2. The number of hydrogen-bond donors (Lipinski definition) is 1. The third kappa shape index (κ3) is 4.57. The highest BCUT2D eigenvalue weighted by Gasteiger charge is 2.27. The zero-order valence-electron chi connectivity index (χ0n) is 17.1. The van der Waals surface area contributed by atoms with Crippen molar-refractivity contribution in [3.63, 3.8) is 0 Å². The van der Waals surface area contributed by atoms with Gasteiger partial charge < -0.3 is 10.0 Å². The summed E-state index contributed by atoms with van der Waals surface area (Å²) in [5.41, 5.74) is 5.43. The molecule has 0 saturated heterocycles. The summed E-state index contributed by atoms with van der Waals surface area (Å²) in [7, 11) is 1.00. The van der Waals surface area contributed by atoms with Crippen molar-refractivity contribution in [1.29, 1.82) is 0 Å². The van der Waals surface area contributed by atoms with Crippen molar-refractivity contribution in [2.75, 3.05) is 18.6 Å². The van der Waals surface area contributed by atoms with Crippen LogP contribution in [0.5, 0.6) is 0 Å². The second-order valence-electron chi connectivity index (χ2n) is 6.67. The second kappa shape index (κ2) is 10.3. The highest BCUT2D eigenvalue weighted by molar-refractivity contribution is 6.30. The zero-order valence-corrected chi connectivity index (χ0v) is 17.8. The van der Waals surface area contributed by atoms with Gasteiger partial charge in [0.05, 0.1) is 5.69 Å². The molecule has 5 heteroatoms. The molecule has 28 heavy (non-hydrogen) atoms. The smallest absolute Gasteiger partial charge is 0.215 e. The minimum absolute atomic E-state index is 0.731. The predicted octanol–water partition coefficient (Wildman–Crippen LogP) is 6.14. The van der Waals surface area contributed by atoms with Crippen molar-refractivity contribution >= 4 is 23.2 Å². The number of nitrogens with zero attached hydrogens (tertiary/aromatic N) is 3. The van der Waals surface area contributed by atoms with E-state index >= 15 is 0 Å². The van der Waals surface area contributed by atoms with E-state index < -0.39 is 0 Å². The Balaban J connectivity index is 0.00000136. The fraction of sp³-hybridized carbons (Fsp3) is 0.348. The molecule has 0 atom stereocenters. The van der Waals surface area contributed by atoms with Gasteiger partial charge in [-0.3, -0.25) is 4.57 Å². The monoisotopic (exact) mass is 399 g/mol. The lowest BCUT2D eigenvalue weighted by molar-refractivity contribution is 0.399. The largest absolute Gasteiger partial charge is 0.400 e. The number of allylic oxidation sites excluding steroid dienone is 4. The van der Waals surface area contributed by atoms with E-state index in [0.717, 1.165) is 54.4 Å². The number of aliphatic hydroxyl groups excluding tert-OH is 1. The van der Waals surface area contributed by atoms with Crippen LogP contribution in [0, 0.1) is 0 Å². The van der Waals surface area contributed by atoms with Crippen molar-refractivity contribution in [3.8, 4) is 11.3 Å². The number of halogens is 1. The van der Waals surface area contributed by atoms with E-state index in [1.807, 2.05) is 30.3 Å². The van der Waals surface area contributed by atoms with Crippen LogP contribution < -0.4 is 4.90 Å². The van der Waals surface area contributed by atoms with E-state index in [9.17, 15) is 0 Å². The van der Waals surface area contributed by atoms with Crippen LogP contribution in [0.2, 0.25) is 5.02 Å². The summed E-state index contributed by atoms with van der Waals surface area (Å²) < 4.78 is 2.11. The van der Waals surface area contributed by atoms with Gasteiger partial charge in [0.2, 0.25) is 5.95 Å². The number of hydrogen-bond acceptors (Lipinski definition) is 3. The third-order valence-electron chi connectivity index (χ3n) is 4.88. The second-order valence-corrected chi connectivity index (χ2v) is 7.10. The van der Waals surface area contributed by atoms with Crippen molar-refractivity contribution in [2.45, 2.75) is 39.5 Å². The van der Waals surface area contributed by atoms with Crippen molar-refractivity contribution < 1.29 is 5.11 Å². The Bertz CT molecular complexity index is 849. The fourth-order valence-electron chi connectivity index (χ4n) is 3.38. The molecular formula is C23H30ClN3O. The molecule has 1 aliphatic heterocycles. The van der Waals surface area contributed by atoms with Gasteiger partial charge in [-0.15, -0.1) is 6.58 Å². The van der Waals surface area contributed by atoms with Crippen LogP contribution in [-0.4, -0.2) is 28.3 Å². The first kappa shape index (κ1) is 22.0. The van der Waals surface area contributed by atoms with Crippen LogP contribution in [0.25, 0.3) is 17.0 Å². The molecule has 1 aliphatic rings. The minimum Gasteiger partial charge on any atom is -0.400 e. The molecule has 2 heterocycles. The first-order valence-electron chi connectivity index (χ1n) is 9.64. The highest BCUT2D eigenvalue weighted by Crippen LogP contribution is 2.37. The molecule has 1 aromatic carbocycles. The van der Waals surface area contributed by atoms with Gasteiger partial charge in [0.25, 0.3) is 0 Å². The molecule has 0 unspecified atom stereocenters. The number of aromatic nitrogens is 2. The Labute approximate surface area is 173 Å². The maximum absolute atomic E-state index is 7.00. The number of imidazole rings is 1. The Kier molecular flexibility index (Phi) is 8.09. The standard InChI is InChI=1S/C22H26ClN3.CH4O/c1-5-7-8-14-25-16(3)20(9-6-2)17(4)26-15-21(24-22(25)26)18-10-12-19(23)13-11-18;1-2/h6,10-13,15H,2,4-5,7-9,14H2,1,3H3;2H,1H3. The molecule has 1 N–H and O–H groups in total. The van der Waals surface area contributed by atoms with E-state index in [2.05, 4.69) is 42.7 Å². The SMILES string of the molecule is C=CCC1=C(C)N(CCCCC)c2nc(-c3ccc(Cl)cc3)cn2C1=C.CO. The Morgan fingerprint density at radius 2 is 1.86 bits per heavy atom. The van der Waals surface area contributed by atoms with E-state index in [0.29, 0.717) is 0 Å². The number of aliphatic hydroxyl groups is 1. The van der Waals surface area contributed by atoms with Crippen molar-refractivity contribution in [2.24, 2.45) is 0 Å². The number of anilines is 1. The van der Waals surface area contributed by atoms with E-state index in [1.54, 1.807) is 0 Å². The molecule has 0 fully saturated rings. The lowest BCUT2D eigenvalue weighted by Crippen LogP contribution is -2.30. The average molecular weight is 400 g/mol. The predicted molar refractivity (Wildman–Crippen MR) is 121 cm³/mol. The molecule has 1 aromatic heterocycles. The third-order valence-corrected chi connectivity index (χ3v) is 5.14. The summed E-state index contributed by atoms with van der Waals surface area (Å²) in [6.45, 7) is 13.6. The van der Waals surface area contributed by atoms with E-state index in [1.165, 1.54) is 24.1 Å². The average Bonchev–Trinajstić information content (AvgIpc) is 3.15. The molecular weight excluding hydrogens is 370 g/mol. The molecule has 0 spiro atoms. The van der Waals surface area contributed by atoms with Crippen LogP contribution >= 0.6 is 11.6 Å². The first-order valence-corrected chi connectivity index (χ1v) is 10.0. The Morgan fingerprint density at radius 1 is 1.18 bits per heavy atom. The number of rotatable bonds is 7. The first-order chi connectivity index (χ1) is 13.6. The molecule has 0 saturated carbocycles. The molecule has 2 aromatic rings. The van der Waals surface area contributed by atoms with Crippen LogP contribution in [0.15, 0.2) is 61.0 Å². The van der Waals surface area contributed by atoms with Crippen LogP contribution in [-0.2, 0) is 0 Å². The quantitative estimate of drug-likeness (QED) is 0.448. The van der Waals surface area contributed by atoms with Crippen molar-refractivity contribution in [3.05, 3.63) is 66.0 Å². The Hall–Kier alpha value is -2.30. The summed E-state index contributed by atoms with van der Waals surface area (Å²) in [4.78, 5) is 7.25. The van der Waals surface area contributed by atoms with Gasteiger partial charge in [-0.25, -0.2) is 4.98 Å². The highest BCUT2D eigenvalue weighted by atomic mass is 35.5. The summed E-state index contributed by atoms with van der Waals surface area (Å²) in [6.07, 6.45) is 8.38. The molecule has 0 radical (unpaired) electrons. The molecule has 3 rings (SSSR count). The van der Waals surface area contributed by atoms with E-state index in [-0.39, 0.29) is 0 Å². The molecule has 4 nitrogen and oxygen atoms in total. The Morgan fingerprint density at radius 3 is 2.46 bits per heavy atom. The van der Waals surface area contributed by atoms with Gasteiger partial charge in [0, 0.05) is 41.8 Å². The van der Waals surface area contributed by atoms with Crippen LogP contribution in [0.1, 0.15) is 39.5 Å². The summed E-state index contributed by atoms with van der Waals surface area (Å²) in [6, 6.07) is 7.81. The number of fused-ring (bicyclic) bond motifs is 1. The van der Waals surface area contributed by atoms with Gasteiger partial charge >= 0.3 is 0 Å². The lowest BCUT2D eigenvalue weighted by atomic mass is 10.0. The zero-order chi connectivity index (χ0) is 20.7. The maximum atomic E-state index is 7.00. The maximum Gasteiger partial charge on any atom is 0.215 e. The summed E-state index contributed by atoms with van der Waals surface area (Å²) in [5, 5.41) is 7.73. The topological polar surface area (TPSA) is 41.3 Å². The molecule has 0 bridgehead atoms. The van der Waals surface area contributed by atoms with Crippen LogP contribution in [0.4, 0.5) is 5.95 Å². The van der Waals surface area contributed by atoms with Gasteiger partial charge in [-0.2, -0.15) is 0 Å². The molecule has 150 valence electrons. The molecule has 0 amide bonds. The summed E-state index contributed by atoms with van der Waals surface area (Å²) in [5.74, 6) is 0.946. The fourth-order valence-corrected chi connectivity index (χ4v) is 3.51. The van der Waals surface area contributed by atoms with Gasteiger partial charge in [-0.05, 0) is 37.5 Å². The summed E-state index contributed by atoms with van der Waals surface area (Å²) >= 11 is 6.03. The number of unbranched alkanes of at least 4 members (excludes halogenated alkanes) is 2. The van der Waals surface area contributed by atoms with Gasteiger partial charge in [0.1, 0.15) is 0 Å². The van der Waals surface area contributed by atoms with Crippen molar-refractivity contribution in [1.82, 2.24) is 9.55 Å². The molecule has 0 aliphatic carbocycles. The van der Waals surface area contributed by atoms with Crippen LogP contribution in [0.3, 0.4) is 0 Å². The van der Waals surface area contributed by atoms with Gasteiger partial charge in [-0.1, -0.05) is 56.2 Å². The number of benzene rings is 1.